The first-order chi connectivity index (χ1) is 9.10. The minimum Gasteiger partial charge on any atom is -0.389 e. The Labute approximate surface area is 113 Å². The number of nitriles is 1. The number of methoxy groups -OCH3 is 1. The van der Waals surface area contributed by atoms with Gasteiger partial charge in [0, 0.05) is 20.7 Å². The molecule has 0 saturated heterocycles. The molecule has 1 N–H and O–H groups in total. The Bertz CT molecular complexity index is 442. The van der Waals surface area contributed by atoms with Gasteiger partial charge in [-0.3, -0.25) is 4.79 Å². The third-order valence-corrected chi connectivity index (χ3v) is 2.73. The lowest BCUT2D eigenvalue weighted by atomic mass is 9.99. The summed E-state index contributed by atoms with van der Waals surface area (Å²) in [4.78, 5) is 13.5. The van der Waals surface area contributed by atoms with E-state index in [4.69, 9.17) is 10.00 Å². The summed E-state index contributed by atoms with van der Waals surface area (Å²) >= 11 is 0. The van der Waals surface area contributed by atoms with Crippen molar-refractivity contribution in [2.75, 3.05) is 27.3 Å². The molecule has 0 heterocycles. The van der Waals surface area contributed by atoms with Crippen molar-refractivity contribution < 1.29 is 14.6 Å². The standard InChI is InChI=1S/C14H18N2O3/c1-16(9-12(17)10-19-2)14(18)13(8-15)11-6-4-3-5-7-11/h3-7,12-13,17H,9-10H2,1-2H3. The van der Waals surface area contributed by atoms with Crippen LogP contribution in [0.4, 0.5) is 0 Å². The van der Waals surface area contributed by atoms with Crippen LogP contribution in [0, 0.1) is 11.3 Å². The normalized spacial score (nSPS) is 13.4. The Morgan fingerprint density at radius 2 is 2.11 bits per heavy atom. The zero-order valence-electron chi connectivity index (χ0n) is 11.1. The number of benzene rings is 1. The molecule has 2 atom stereocenters. The molecule has 0 radical (unpaired) electrons. The first-order valence-electron chi connectivity index (χ1n) is 5.96. The quantitative estimate of drug-likeness (QED) is 0.821. The fourth-order valence-electron chi connectivity index (χ4n) is 1.79. The largest absolute Gasteiger partial charge is 0.389 e. The monoisotopic (exact) mass is 262 g/mol. The summed E-state index contributed by atoms with van der Waals surface area (Å²) in [5.41, 5.74) is 0.656. The lowest BCUT2D eigenvalue weighted by molar-refractivity contribution is -0.131. The van der Waals surface area contributed by atoms with E-state index in [0.717, 1.165) is 0 Å². The first-order valence-corrected chi connectivity index (χ1v) is 5.96. The van der Waals surface area contributed by atoms with E-state index in [2.05, 4.69) is 0 Å². The molecule has 1 amide bonds. The number of hydrogen-bond donors (Lipinski definition) is 1. The number of aliphatic hydroxyl groups is 1. The van der Waals surface area contributed by atoms with Crippen LogP contribution in [0.1, 0.15) is 11.5 Å². The molecule has 19 heavy (non-hydrogen) atoms. The molecular formula is C14H18N2O3. The second kappa shape index (κ2) is 7.52. The maximum atomic E-state index is 12.2. The van der Waals surface area contributed by atoms with Crippen molar-refractivity contribution in [3.8, 4) is 6.07 Å². The van der Waals surface area contributed by atoms with Crippen LogP contribution in [0.15, 0.2) is 30.3 Å². The molecule has 0 bridgehead atoms. The van der Waals surface area contributed by atoms with E-state index < -0.39 is 12.0 Å². The van der Waals surface area contributed by atoms with Gasteiger partial charge in [0.15, 0.2) is 0 Å². The molecule has 0 saturated carbocycles. The molecule has 0 aliphatic carbocycles. The molecule has 1 aromatic rings. The molecule has 1 rings (SSSR count). The zero-order chi connectivity index (χ0) is 14.3. The van der Waals surface area contributed by atoms with Gasteiger partial charge in [0.05, 0.1) is 18.8 Å². The van der Waals surface area contributed by atoms with Crippen molar-refractivity contribution >= 4 is 5.91 Å². The number of rotatable bonds is 6. The van der Waals surface area contributed by atoms with Crippen molar-refractivity contribution in [2.45, 2.75) is 12.0 Å². The van der Waals surface area contributed by atoms with Gasteiger partial charge in [0.25, 0.3) is 0 Å². The van der Waals surface area contributed by atoms with Gasteiger partial charge in [0.2, 0.25) is 5.91 Å². The van der Waals surface area contributed by atoms with Gasteiger partial charge < -0.3 is 14.7 Å². The number of carbonyl (C=O) groups excluding carboxylic acids is 1. The average Bonchev–Trinajstić information content (AvgIpc) is 2.40. The summed E-state index contributed by atoms with van der Waals surface area (Å²) in [7, 11) is 3.04. The van der Waals surface area contributed by atoms with Gasteiger partial charge in [-0.2, -0.15) is 5.26 Å². The Kier molecular flexibility index (Phi) is 6.00. The van der Waals surface area contributed by atoms with Gasteiger partial charge in [0.1, 0.15) is 5.92 Å². The molecule has 0 spiro atoms. The topological polar surface area (TPSA) is 73.6 Å². The Morgan fingerprint density at radius 3 is 2.63 bits per heavy atom. The fourth-order valence-corrected chi connectivity index (χ4v) is 1.79. The minimum atomic E-state index is -0.846. The van der Waals surface area contributed by atoms with Crippen molar-refractivity contribution in [3.63, 3.8) is 0 Å². The van der Waals surface area contributed by atoms with Gasteiger partial charge in [-0.25, -0.2) is 0 Å². The van der Waals surface area contributed by atoms with E-state index in [1.54, 1.807) is 31.3 Å². The van der Waals surface area contributed by atoms with Gasteiger partial charge in [-0.1, -0.05) is 30.3 Å². The fraction of sp³-hybridized carbons (Fsp3) is 0.429. The number of amides is 1. The van der Waals surface area contributed by atoms with Crippen molar-refractivity contribution in [2.24, 2.45) is 0 Å². The van der Waals surface area contributed by atoms with Crippen molar-refractivity contribution in [1.29, 1.82) is 5.26 Å². The smallest absolute Gasteiger partial charge is 0.244 e. The van der Waals surface area contributed by atoms with Crippen LogP contribution in [-0.4, -0.2) is 49.3 Å². The van der Waals surface area contributed by atoms with E-state index in [-0.39, 0.29) is 19.1 Å². The number of hydrogen-bond acceptors (Lipinski definition) is 4. The van der Waals surface area contributed by atoms with Gasteiger partial charge in [-0.15, -0.1) is 0 Å². The number of nitrogens with zero attached hydrogens (tertiary/aromatic N) is 2. The third-order valence-electron chi connectivity index (χ3n) is 2.73. The highest BCUT2D eigenvalue weighted by Crippen LogP contribution is 2.17. The molecule has 0 aliphatic rings. The number of aliphatic hydroxyl groups excluding tert-OH is 1. The molecule has 2 unspecified atom stereocenters. The highest BCUT2D eigenvalue weighted by atomic mass is 16.5. The lowest BCUT2D eigenvalue weighted by Gasteiger charge is -2.22. The van der Waals surface area contributed by atoms with Crippen molar-refractivity contribution in [3.05, 3.63) is 35.9 Å². The molecule has 0 fully saturated rings. The molecule has 1 aromatic carbocycles. The summed E-state index contributed by atoms with van der Waals surface area (Å²) < 4.78 is 4.80. The zero-order valence-corrected chi connectivity index (χ0v) is 11.1. The molecule has 0 aromatic heterocycles. The van der Waals surface area contributed by atoms with Gasteiger partial charge in [-0.05, 0) is 5.56 Å². The van der Waals surface area contributed by atoms with Crippen molar-refractivity contribution in [1.82, 2.24) is 4.90 Å². The van der Waals surface area contributed by atoms with Crippen LogP contribution in [0.25, 0.3) is 0 Å². The number of likely N-dealkylation sites (N-methyl/N-ethyl adjacent to an activating group) is 1. The Morgan fingerprint density at radius 1 is 1.47 bits per heavy atom. The molecular weight excluding hydrogens is 244 g/mol. The number of ether oxygens (including phenoxy) is 1. The van der Waals surface area contributed by atoms with E-state index in [9.17, 15) is 9.90 Å². The maximum Gasteiger partial charge on any atom is 0.244 e. The summed E-state index contributed by atoms with van der Waals surface area (Å²) in [6.07, 6.45) is -0.755. The third kappa shape index (κ3) is 4.36. The number of carbonyl (C=O) groups is 1. The van der Waals surface area contributed by atoms with Gasteiger partial charge >= 0.3 is 0 Å². The Hall–Kier alpha value is -1.90. The SMILES string of the molecule is COCC(O)CN(C)C(=O)C(C#N)c1ccccc1. The average molecular weight is 262 g/mol. The highest BCUT2D eigenvalue weighted by molar-refractivity contribution is 5.86. The van der Waals surface area contributed by atoms with E-state index in [1.807, 2.05) is 12.1 Å². The van der Waals surface area contributed by atoms with E-state index in [0.29, 0.717) is 5.56 Å². The molecule has 0 aliphatic heterocycles. The maximum absolute atomic E-state index is 12.2. The predicted molar refractivity (Wildman–Crippen MR) is 70.3 cm³/mol. The second-order valence-corrected chi connectivity index (χ2v) is 4.30. The Balaban J connectivity index is 2.72. The molecule has 5 heteroatoms. The lowest BCUT2D eigenvalue weighted by Crippen LogP contribution is -2.38. The summed E-state index contributed by atoms with van der Waals surface area (Å²) in [6, 6.07) is 10.9. The second-order valence-electron chi connectivity index (χ2n) is 4.30. The minimum absolute atomic E-state index is 0.137. The van der Waals surface area contributed by atoms with Crippen LogP contribution in [0.3, 0.4) is 0 Å². The molecule has 5 nitrogen and oxygen atoms in total. The highest BCUT2D eigenvalue weighted by Gasteiger charge is 2.24. The van der Waals surface area contributed by atoms with Crippen LogP contribution in [0.2, 0.25) is 0 Å². The van der Waals surface area contributed by atoms with E-state index in [1.165, 1.54) is 12.0 Å². The van der Waals surface area contributed by atoms with Crippen LogP contribution in [-0.2, 0) is 9.53 Å². The molecule has 102 valence electrons. The van der Waals surface area contributed by atoms with E-state index >= 15 is 0 Å². The van der Waals surface area contributed by atoms with Crippen LogP contribution < -0.4 is 0 Å². The summed E-state index contributed by atoms with van der Waals surface area (Å²) in [5.74, 6) is -1.18. The van der Waals surface area contributed by atoms with Crippen LogP contribution >= 0.6 is 0 Å². The summed E-state index contributed by atoms with van der Waals surface area (Å²) in [5, 5.41) is 18.7. The predicted octanol–water partition coefficient (Wildman–Crippen LogP) is 0.759. The first kappa shape index (κ1) is 15.2. The van der Waals surface area contributed by atoms with Crippen LogP contribution in [0.5, 0.6) is 0 Å². The summed E-state index contributed by atoms with van der Waals surface area (Å²) in [6.45, 7) is 0.290.